The molecular formula is C11H20N2O2S. The van der Waals surface area contributed by atoms with E-state index in [1.807, 2.05) is 0 Å². The molecule has 0 aromatic carbocycles. The van der Waals surface area contributed by atoms with Crippen LogP contribution in [0.2, 0.25) is 0 Å². The minimum atomic E-state index is -0.897. The van der Waals surface area contributed by atoms with Crippen molar-refractivity contribution in [2.75, 3.05) is 13.6 Å². The summed E-state index contributed by atoms with van der Waals surface area (Å²) in [4.78, 5) is 14.0. The lowest BCUT2D eigenvalue weighted by Gasteiger charge is -2.42. The van der Waals surface area contributed by atoms with Gasteiger partial charge in [0.1, 0.15) is 0 Å². The maximum absolute atomic E-state index is 12.2. The van der Waals surface area contributed by atoms with E-state index in [0.29, 0.717) is 0 Å². The van der Waals surface area contributed by atoms with Gasteiger partial charge in [-0.3, -0.25) is 4.79 Å². The maximum atomic E-state index is 12.2. The number of hydrogen-bond acceptors (Lipinski definition) is 3. The number of thiocarbonyl (C=S) groups is 1. The third-order valence-electron chi connectivity index (χ3n) is 3.06. The smallest absolute Gasteiger partial charge is 0.235 e. The maximum Gasteiger partial charge on any atom is 0.235 e. The summed E-state index contributed by atoms with van der Waals surface area (Å²) in [5.41, 5.74) is 4.12. The van der Waals surface area contributed by atoms with E-state index < -0.39 is 11.0 Å². The molecule has 0 spiro atoms. The van der Waals surface area contributed by atoms with Crippen LogP contribution in [0.25, 0.3) is 0 Å². The van der Waals surface area contributed by atoms with Gasteiger partial charge in [-0.15, -0.1) is 0 Å². The first-order chi connectivity index (χ1) is 7.19. The summed E-state index contributed by atoms with van der Waals surface area (Å²) in [5.74, 6) is -0.0617. The van der Waals surface area contributed by atoms with Crippen LogP contribution in [-0.2, 0) is 4.79 Å². The molecule has 5 heteroatoms. The Kier molecular flexibility index (Phi) is 3.59. The molecule has 1 saturated carbocycles. The van der Waals surface area contributed by atoms with E-state index in [4.69, 9.17) is 18.0 Å². The lowest BCUT2D eigenvalue weighted by Crippen LogP contribution is -2.55. The molecule has 0 aliphatic heterocycles. The lowest BCUT2D eigenvalue weighted by atomic mass is 9.67. The van der Waals surface area contributed by atoms with Gasteiger partial charge in [-0.2, -0.15) is 0 Å². The Bertz CT molecular complexity index is 306. The summed E-state index contributed by atoms with van der Waals surface area (Å²) in [7, 11) is 1.68. The molecule has 0 unspecified atom stereocenters. The first-order valence-electron chi connectivity index (χ1n) is 5.47. The van der Waals surface area contributed by atoms with Gasteiger partial charge in [0.2, 0.25) is 5.91 Å². The normalized spacial score (nSPS) is 18.8. The van der Waals surface area contributed by atoms with Crippen molar-refractivity contribution in [1.82, 2.24) is 4.90 Å². The van der Waals surface area contributed by atoms with E-state index in [9.17, 15) is 9.90 Å². The molecule has 0 bridgehead atoms. The standard InChI is InChI=1S/C11H20N2O2S/c1-10(2,15)7-13(3)9(14)11(8(12)16)5-4-6-11/h15H,4-7H2,1-3H3,(H2,12,16). The molecule has 0 atom stereocenters. The number of amides is 1. The monoisotopic (exact) mass is 244 g/mol. The van der Waals surface area contributed by atoms with Crippen molar-refractivity contribution in [3.63, 3.8) is 0 Å². The Morgan fingerprint density at radius 3 is 2.31 bits per heavy atom. The van der Waals surface area contributed by atoms with Gasteiger partial charge in [0.15, 0.2) is 0 Å². The highest BCUT2D eigenvalue weighted by molar-refractivity contribution is 7.80. The highest BCUT2D eigenvalue weighted by Crippen LogP contribution is 2.42. The molecular weight excluding hydrogens is 224 g/mol. The van der Waals surface area contributed by atoms with Gasteiger partial charge in [-0.25, -0.2) is 0 Å². The van der Waals surface area contributed by atoms with Crippen molar-refractivity contribution in [1.29, 1.82) is 0 Å². The van der Waals surface area contributed by atoms with Crippen LogP contribution < -0.4 is 5.73 Å². The molecule has 1 amide bonds. The number of carbonyl (C=O) groups excluding carboxylic acids is 1. The van der Waals surface area contributed by atoms with E-state index >= 15 is 0 Å². The predicted octanol–water partition coefficient (Wildman–Crippen LogP) is 0.672. The van der Waals surface area contributed by atoms with Crippen LogP contribution in [0.1, 0.15) is 33.1 Å². The number of carbonyl (C=O) groups is 1. The second-order valence-electron chi connectivity index (χ2n) is 5.27. The van der Waals surface area contributed by atoms with Crippen LogP contribution in [0.5, 0.6) is 0 Å². The fourth-order valence-corrected chi connectivity index (χ4v) is 2.40. The topological polar surface area (TPSA) is 66.6 Å². The van der Waals surface area contributed by atoms with Crippen LogP contribution >= 0.6 is 12.2 Å². The van der Waals surface area contributed by atoms with Crippen LogP contribution in [0.4, 0.5) is 0 Å². The van der Waals surface area contributed by atoms with Crippen molar-refractivity contribution in [3.05, 3.63) is 0 Å². The summed E-state index contributed by atoms with van der Waals surface area (Å²) in [5, 5.41) is 9.67. The van der Waals surface area contributed by atoms with Crippen LogP contribution in [0.3, 0.4) is 0 Å². The van der Waals surface area contributed by atoms with E-state index in [0.717, 1.165) is 19.3 Å². The molecule has 0 heterocycles. The summed E-state index contributed by atoms with van der Waals surface area (Å²) in [6.07, 6.45) is 2.45. The molecule has 1 rings (SSSR count). The molecule has 1 aliphatic carbocycles. The molecule has 0 radical (unpaired) electrons. The second-order valence-corrected chi connectivity index (χ2v) is 5.71. The second kappa shape index (κ2) is 4.30. The van der Waals surface area contributed by atoms with Crippen molar-refractivity contribution in [2.24, 2.45) is 11.1 Å². The van der Waals surface area contributed by atoms with Gasteiger partial charge in [0, 0.05) is 13.6 Å². The Labute approximate surface area is 102 Å². The molecule has 4 nitrogen and oxygen atoms in total. The zero-order valence-electron chi connectivity index (χ0n) is 10.1. The van der Waals surface area contributed by atoms with E-state index in [1.54, 1.807) is 20.9 Å². The minimum absolute atomic E-state index is 0.0617. The fraction of sp³-hybridized carbons (Fsp3) is 0.818. The summed E-state index contributed by atoms with van der Waals surface area (Å²) in [6.45, 7) is 3.63. The molecule has 0 saturated heterocycles. The van der Waals surface area contributed by atoms with Crippen molar-refractivity contribution in [3.8, 4) is 0 Å². The van der Waals surface area contributed by atoms with Gasteiger partial charge in [0.25, 0.3) is 0 Å². The highest BCUT2D eigenvalue weighted by Gasteiger charge is 2.48. The van der Waals surface area contributed by atoms with Crippen LogP contribution in [-0.4, -0.2) is 40.1 Å². The Hall–Kier alpha value is -0.680. The number of rotatable bonds is 4. The lowest BCUT2D eigenvalue weighted by molar-refractivity contribution is -0.143. The fourth-order valence-electron chi connectivity index (χ4n) is 2.11. The number of aliphatic hydroxyl groups is 1. The minimum Gasteiger partial charge on any atom is -0.392 e. The van der Waals surface area contributed by atoms with E-state index in [-0.39, 0.29) is 17.4 Å². The molecule has 16 heavy (non-hydrogen) atoms. The van der Waals surface area contributed by atoms with Gasteiger partial charge in [0.05, 0.1) is 16.0 Å². The first kappa shape index (κ1) is 13.4. The molecule has 0 aromatic rings. The Morgan fingerprint density at radius 1 is 1.56 bits per heavy atom. The summed E-state index contributed by atoms with van der Waals surface area (Å²) < 4.78 is 0. The zero-order chi connectivity index (χ0) is 12.6. The van der Waals surface area contributed by atoms with Crippen molar-refractivity contribution >= 4 is 23.1 Å². The first-order valence-corrected chi connectivity index (χ1v) is 5.88. The largest absolute Gasteiger partial charge is 0.392 e. The Balaban J connectivity index is 2.73. The van der Waals surface area contributed by atoms with Gasteiger partial charge >= 0.3 is 0 Å². The summed E-state index contributed by atoms with van der Waals surface area (Å²) in [6, 6.07) is 0. The average molecular weight is 244 g/mol. The van der Waals surface area contributed by atoms with Crippen LogP contribution in [0.15, 0.2) is 0 Å². The van der Waals surface area contributed by atoms with Crippen LogP contribution in [0, 0.1) is 5.41 Å². The van der Waals surface area contributed by atoms with E-state index in [1.165, 1.54) is 4.90 Å². The van der Waals surface area contributed by atoms with E-state index in [2.05, 4.69) is 0 Å². The number of hydrogen-bond donors (Lipinski definition) is 2. The van der Waals surface area contributed by atoms with Crippen molar-refractivity contribution in [2.45, 2.75) is 38.7 Å². The van der Waals surface area contributed by atoms with Gasteiger partial charge < -0.3 is 15.7 Å². The van der Waals surface area contributed by atoms with Crippen molar-refractivity contribution < 1.29 is 9.90 Å². The highest BCUT2D eigenvalue weighted by atomic mass is 32.1. The quantitative estimate of drug-likeness (QED) is 0.713. The summed E-state index contributed by atoms with van der Waals surface area (Å²) >= 11 is 4.99. The number of nitrogens with two attached hydrogens (primary N) is 1. The molecule has 1 fully saturated rings. The Morgan fingerprint density at radius 2 is 2.06 bits per heavy atom. The van der Waals surface area contributed by atoms with Gasteiger partial charge in [-0.05, 0) is 26.7 Å². The molecule has 3 N–H and O–H groups in total. The third kappa shape index (κ3) is 2.52. The predicted molar refractivity (Wildman–Crippen MR) is 67.0 cm³/mol. The third-order valence-corrected chi connectivity index (χ3v) is 3.45. The zero-order valence-corrected chi connectivity index (χ0v) is 10.9. The molecule has 0 aromatic heterocycles. The number of likely N-dealkylation sites (N-methyl/N-ethyl adjacent to an activating group) is 1. The van der Waals surface area contributed by atoms with Gasteiger partial charge in [-0.1, -0.05) is 18.6 Å². The molecule has 1 aliphatic rings. The number of nitrogens with zero attached hydrogens (tertiary/aromatic N) is 1. The SMILES string of the molecule is CN(CC(C)(C)O)C(=O)C1(C(N)=S)CCC1. The molecule has 92 valence electrons. The average Bonchev–Trinajstić information content (AvgIpc) is 1.97.